The van der Waals surface area contributed by atoms with E-state index < -0.39 is 11.7 Å². The van der Waals surface area contributed by atoms with Gasteiger partial charge in [-0.1, -0.05) is 12.1 Å². The van der Waals surface area contributed by atoms with E-state index in [4.69, 9.17) is 10.2 Å². The van der Waals surface area contributed by atoms with Crippen LogP contribution in [0.5, 0.6) is 0 Å². The lowest BCUT2D eigenvalue weighted by Gasteiger charge is -2.07. The number of rotatable bonds is 1. The standard InChI is InChI=1S/C11H8F3NO/c12-11(13,14)9-3-1-2-7(4-9)8-5-10(15)16-6-8/h1-6H,15H2. The molecule has 1 heterocycles. The SMILES string of the molecule is Nc1cc(-c2cccc(C(F)(F)F)c2)co1. The minimum Gasteiger partial charge on any atom is -0.449 e. The minimum atomic E-state index is -4.34. The van der Waals surface area contributed by atoms with Crippen molar-refractivity contribution >= 4 is 5.88 Å². The van der Waals surface area contributed by atoms with Crippen molar-refractivity contribution in [1.29, 1.82) is 0 Å². The Morgan fingerprint density at radius 2 is 1.81 bits per heavy atom. The first kappa shape index (κ1) is 10.6. The zero-order valence-corrected chi connectivity index (χ0v) is 8.08. The second-order valence-corrected chi connectivity index (χ2v) is 3.32. The third-order valence-electron chi connectivity index (χ3n) is 2.14. The van der Waals surface area contributed by atoms with Crippen molar-refractivity contribution in [3.63, 3.8) is 0 Å². The maximum Gasteiger partial charge on any atom is 0.416 e. The summed E-state index contributed by atoms with van der Waals surface area (Å²) < 4.78 is 42.2. The van der Waals surface area contributed by atoms with Crippen LogP contribution in [0.25, 0.3) is 11.1 Å². The summed E-state index contributed by atoms with van der Waals surface area (Å²) in [6.45, 7) is 0. The van der Waals surface area contributed by atoms with Crippen LogP contribution in [-0.4, -0.2) is 0 Å². The van der Waals surface area contributed by atoms with Crippen LogP contribution < -0.4 is 5.73 Å². The van der Waals surface area contributed by atoms with Crippen LogP contribution in [0.3, 0.4) is 0 Å². The smallest absolute Gasteiger partial charge is 0.416 e. The number of nitrogens with two attached hydrogens (primary N) is 1. The first-order valence-electron chi connectivity index (χ1n) is 4.48. The molecule has 0 saturated heterocycles. The Hall–Kier alpha value is -1.91. The van der Waals surface area contributed by atoms with E-state index >= 15 is 0 Å². The molecule has 0 atom stereocenters. The predicted molar refractivity (Wildman–Crippen MR) is 53.6 cm³/mol. The molecular formula is C11H8F3NO. The van der Waals surface area contributed by atoms with Gasteiger partial charge < -0.3 is 10.2 Å². The van der Waals surface area contributed by atoms with Crippen molar-refractivity contribution in [2.45, 2.75) is 6.18 Å². The maximum atomic E-state index is 12.4. The second-order valence-electron chi connectivity index (χ2n) is 3.32. The number of hydrogen-bond acceptors (Lipinski definition) is 2. The predicted octanol–water partition coefficient (Wildman–Crippen LogP) is 3.55. The summed E-state index contributed by atoms with van der Waals surface area (Å²) >= 11 is 0. The zero-order valence-electron chi connectivity index (χ0n) is 8.08. The molecule has 0 saturated carbocycles. The van der Waals surface area contributed by atoms with Crippen molar-refractivity contribution in [3.05, 3.63) is 42.2 Å². The summed E-state index contributed by atoms with van der Waals surface area (Å²) in [4.78, 5) is 0. The number of furan rings is 1. The fraction of sp³-hybridized carbons (Fsp3) is 0.0909. The molecule has 0 spiro atoms. The van der Waals surface area contributed by atoms with Gasteiger partial charge in [0.15, 0.2) is 5.88 Å². The molecule has 0 aliphatic heterocycles. The largest absolute Gasteiger partial charge is 0.449 e. The van der Waals surface area contributed by atoms with Gasteiger partial charge in [-0.05, 0) is 17.7 Å². The Morgan fingerprint density at radius 1 is 1.06 bits per heavy atom. The summed E-state index contributed by atoms with van der Waals surface area (Å²) in [6, 6.07) is 6.48. The van der Waals surface area contributed by atoms with E-state index in [1.54, 1.807) is 6.07 Å². The van der Waals surface area contributed by atoms with Crippen molar-refractivity contribution in [1.82, 2.24) is 0 Å². The molecule has 2 nitrogen and oxygen atoms in total. The molecule has 0 radical (unpaired) electrons. The molecule has 2 aromatic rings. The summed E-state index contributed by atoms with van der Waals surface area (Å²) in [5.74, 6) is 0.174. The van der Waals surface area contributed by atoms with E-state index in [0.717, 1.165) is 12.1 Å². The van der Waals surface area contributed by atoms with E-state index in [9.17, 15) is 13.2 Å². The molecule has 0 bridgehead atoms. The number of benzene rings is 1. The monoisotopic (exact) mass is 227 g/mol. The third-order valence-corrected chi connectivity index (χ3v) is 2.14. The highest BCUT2D eigenvalue weighted by Crippen LogP contribution is 2.32. The first-order chi connectivity index (χ1) is 7.47. The lowest BCUT2D eigenvalue weighted by atomic mass is 10.1. The molecule has 0 fully saturated rings. The number of hydrogen-bond donors (Lipinski definition) is 1. The van der Waals surface area contributed by atoms with Crippen molar-refractivity contribution in [3.8, 4) is 11.1 Å². The summed E-state index contributed by atoms with van der Waals surface area (Å²) in [7, 11) is 0. The number of anilines is 1. The molecule has 0 aliphatic rings. The second kappa shape index (κ2) is 3.59. The van der Waals surface area contributed by atoms with Gasteiger partial charge >= 0.3 is 6.18 Å². The van der Waals surface area contributed by atoms with Gasteiger partial charge in [-0.3, -0.25) is 0 Å². The van der Waals surface area contributed by atoms with Crippen LogP contribution in [0.1, 0.15) is 5.56 Å². The highest BCUT2D eigenvalue weighted by molar-refractivity contribution is 5.65. The van der Waals surface area contributed by atoms with E-state index in [1.165, 1.54) is 18.4 Å². The van der Waals surface area contributed by atoms with E-state index in [1.807, 2.05) is 0 Å². The van der Waals surface area contributed by atoms with Crippen LogP contribution in [0, 0.1) is 0 Å². The lowest BCUT2D eigenvalue weighted by molar-refractivity contribution is -0.137. The molecule has 1 aromatic heterocycles. The van der Waals surface area contributed by atoms with Crippen LogP contribution in [0.4, 0.5) is 19.1 Å². The molecule has 0 aliphatic carbocycles. The van der Waals surface area contributed by atoms with Crippen LogP contribution in [-0.2, 0) is 6.18 Å². The van der Waals surface area contributed by atoms with Gasteiger partial charge in [0, 0.05) is 11.6 Å². The third kappa shape index (κ3) is 2.03. The number of alkyl halides is 3. The fourth-order valence-corrected chi connectivity index (χ4v) is 1.38. The highest BCUT2D eigenvalue weighted by atomic mass is 19.4. The van der Waals surface area contributed by atoms with Crippen molar-refractivity contribution in [2.24, 2.45) is 0 Å². The molecule has 0 unspecified atom stereocenters. The van der Waals surface area contributed by atoms with E-state index in [2.05, 4.69) is 0 Å². The molecule has 0 amide bonds. The van der Waals surface area contributed by atoms with E-state index in [0.29, 0.717) is 11.1 Å². The van der Waals surface area contributed by atoms with Crippen LogP contribution >= 0.6 is 0 Å². The first-order valence-corrected chi connectivity index (χ1v) is 4.48. The van der Waals surface area contributed by atoms with Gasteiger partial charge in [-0.15, -0.1) is 0 Å². The molecular weight excluding hydrogens is 219 g/mol. The quantitative estimate of drug-likeness (QED) is 0.809. The molecule has 16 heavy (non-hydrogen) atoms. The number of nitrogen functional groups attached to an aromatic ring is 1. The van der Waals surface area contributed by atoms with Gasteiger partial charge in [-0.25, -0.2) is 0 Å². The molecule has 1 aromatic carbocycles. The molecule has 5 heteroatoms. The summed E-state index contributed by atoms with van der Waals surface area (Å²) in [5, 5.41) is 0. The van der Waals surface area contributed by atoms with Gasteiger partial charge in [0.1, 0.15) is 6.26 Å². The molecule has 2 N–H and O–H groups in total. The van der Waals surface area contributed by atoms with Crippen molar-refractivity contribution < 1.29 is 17.6 Å². The van der Waals surface area contributed by atoms with Crippen LogP contribution in [0.2, 0.25) is 0 Å². The van der Waals surface area contributed by atoms with Crippen LogP contribution in [0.15, 0.2) is 41.0 Å². The Kier molecular flexibility index (Phi) is 2.38. The summed E-state index contributed by atoms with van der Waals surface area (Å²) in [6.07, 6.45) is -3.02. The average Bonchev–Trinajstić information content (AvgIpc) is 2.64. The topological polar surface area (TPSA) is 39.2 Å². The lowest BCUT2D eigenvalue weighted by Crippen LogP contribution is -2.04. The molecule has 2 rings (SSSR count). The van der Waals surface area contributed by atoms with Gasteiger partial charge in [-0.2, -0.15) is 13.2 Å². The Labute approximate surface area is 89.5 Å². The van der Waals surface area contributed by atoms with Gasteiger partial charge in [0.05, 0.1) is 5.56 Å². The molecule has 84 valence electrons. The zero-order chi connectivity index (χ0) is 11.8. The van der Waals surface area contributed by atoms with Gasteiger partial charge in [0.2, 0.25) is 0 Å². The fourth-order valence-electron chi connectivity index (χ4n) is 1.38. The summed E-state index contributed by atoms with van der Waals surface area (Å²) in [5.41, 5.74) is 5.62. The van der Waals surface area contributed by atoms with Crippen molar-refractivity contribution in [2.75, 3.05) is 5.73 Å². The highest BCUT2D eigenvalue weighted by Gasteiger charge is 2.30. The average molecular weight is 227 g/mol. The Bertz CT molecular complexity index is 502. The number of halogens is 3. The minimum absolute atomic E-state index is 0.174. The Balaban J connectivity index is 2.44. The Morgan fingerprint density at radius 3 is 2.38 bits per heavy atom. The maximum absolute atomic E-state index is 12.4. The van der Waals surface area contributed by atoms with Gasteiger partial charge in [0.25, 0.3) is 0 Å². The van der Waals surface area contributed by atoms with E-state index in [-0.39, 0.29) is 5.88 Å². The normalized spacial score (nSPS) is 11.7.